The second-order valence-electron chi connectivity index (χ2n) is 6.85. The molecule has 0 atom stereocenters. The van der Waals surface area contributed by atoms with Crippen LogP contribution < -0.4 is 14.8 Å². The van der Waals surface area contributed by atoms with E-state index in [1.165, 1.54) is 22.8 Å². The zero-order valence-corrected chi connectivity index (χ0v) is 19.0. The van der Waals surface area contributed by atoms with Crippen LogP contribution in [0, 0.1) is 0 Å². The van der Waals surface area contributed by atoms with E-state index in [-0.39, 0.29) is 5.56 Å². The van der Waals surface area contributed by atoms with Crippen LogP contribution in [0.25, 0.3) is 33.7 Å². The number of hydrogen-bond acceptors (Lipinski definition) is 7. The van der Waals surface area contributed by atoms with E-state index >= 15 is 0 Å². The Morgan fingerprint density at radius 2 is 2.00 bits per heavy atom. The van der Waals surface area contributed by atoms with E-state index in [0.717, 1.165) is 10.0 Å². The van der Waals surface area contributed by atoms with E-state index in [1.54, 1.807) is 30.3 Å². The van der Waals surface area contributed by atoms with Crippen molar-refractivity contribution in [2.24, 2.45) is 0 Å². The van der Waals surface area contributed by atoms with Gasteiger partial charge in [-0.15, -0.1) is 5.10 Å². The highest BCUT2D eigenvalue weighted by molar-refractivity contribution is 9.10. The van der Waals surface area contributed by atoms with Crippen molar-refractivity contribution in [1.82, 2.24) is 14.6 Å². The molecule has 0 fully saturated rings. The van der Waals surface area contributed by atoms with Gasteiger partial charge in [-0.25, -0.2) is 0 Å². The maximum absolute atomic E-state index is 12.9. The van der Waals surface area contributed by atoms with Crippen LogP contribution in [0.2, 0.25) is 0 Å². The Balaban J connectivity index is 1.51. The van der Waals surface area contributed by atoms with Crippen LogP contribution in [-0.2, 0) is 4.79 Å². The lowest BCUT2D eigenvalue weighted by molar-refractivity contribution is -0.131. The van der Waals surface area contributed by atoms with Crippen molar-refractivity contribution < 1.29 is 13.9 Å². The molecule has 0 bridgehead atoms. The largest absolute Gasteiger partial charge is 0.457 e. The van der Waals surface area contributed by atoms with Crippen molar-refractivity contribution in [3.63, 3.8) is 0 Å². The number of rotatable bonds is 4. The van der Waals surface area contributed by atoms with E-state index in [2.05, 4.69) is 26.0 Å². The zero-order chi connectivity index (χ0) is 22.2. The molecule has 0 radical (unpaired) electrons. The molecule has 32 heavy (non-hydrogen) atoms. The first-order chi connectivity index (χ1) is 15.5. The van der Waals surface area contributed by atoms with Gasteiger partial charge < -0.3 is 9.15 Å². The molecular formula is C23H14BrN3O4S. The maximum atomic E-state index is 12.9. The number of carbonyl (C=O) groups is 1. The molecule has 5 aromatic rings. The number of para-hydroxylation sites is 1. The molecule has 158 valence electrons. The molecule has 7 nitrogen and oxygen atoms in total. The summed E-state index contributed by atoms with van der Waals surface area (Å²) in [7, 11) is 0. The number of fused-ring (bicyclic) bond motifs is 1. The molecule has 0 aliphatic heterocycles. The van der Waals surface area contributed by atoms with Crippen molar-refractivity contribution in [3.05, 3.63) is 85.8 Å². The fourth-order valence-corrected chi connectivity index (χ4v) is 4.49. The zero-order valence-electron chi connectivity index (χ0n) is 16.6. The summed E-state index contributed by atoms with van der Waals surface area (Å²) in [6, 6.07) is 18.4. The van der Waals surface area contributed by atoms with Gasteiger partial charge in [-0.1, -0.05) is 51.5 Å². The van der Waals surface area contributed by atoms with Crippen molar-refractivity contribution in [2.45, 2.75) is 6.92 Å². The lowest BCUT2D eigenvalue weighted by atomic mass is 10.2. The number of esters is 1. The molecule has 0 aliphatic carbocycles. The fourth-order valence-electron chi connectivity index (χ4n) is 3.20. The summed E-state index contributed by atoms with van der Waals surface area (Å²) in [5.41, 5.74) is 1.17. The molecule has 0 saturated heterocycles. The summed E-state index contributed by atoms with van der Waals surface area (Å²) in [5, 5.41) is 4.33. The number of carbonyl (C=O) groups excluding carboxylic acids is 1. The maximum Gasteiger partial charge on any atom is 0.308 e. The van der Waals surface area contributed by atoms with Crippen LogP contribution in [0.5, 0.6) is 5.75 Å². The minimum absolute atomic E-state index is 0.297. The molecule has 0 spiro atoms. The Morgan fingerprint density at radius 1 is 1.16 bits per heavy atom. The normalized spacial score (nSPS) is 11.9. The number of aromatic nitrogens is 3. The van der Waals surface area contributed by atoms with Gasteiger partial charge in [0.15, 0.2) is 5.82 Å². The Labute approximate surface area is 193 Å². The van der Waals surface area contributed by atoms with Crippen LogP contribution in [-0.4, -0.2) is 20.6 Å². The van der Waals surface area contributed by atoms with E-state index in [4.69, 9.17) is 9.15 Å². The molecule has 0 aliphatic rings. The topological polar surface area (TPSA) is 86.7 Å². The van der Waals surface area contributed by atoms with E-state index < -0.39 is 5.97 Å². The standard InChI is InChI=1S/C23H14BrN3O4S/c1-13(28)30-19-8-3-2-7-17(19)21-25-23-27(26-21)22(29)20(32-23)12-16-9-10-18(31-16)14-5-4-6-15(24)11-14/h2-12H,1H3. The van der Waals surface area contributed by atoms with E-state index in [9.17, 15) is 9.59 Å². The highest BCUT2D eigenvalue weighted by Gasteiger charge is 2.16. The number of hydrogen-bond donors (Lipinski definition) is 0. The molecule has 0 saturated carbocycles. The second-order valence-corrected chi connectivity index (χ2v) is 8.77. The van der Waals surface area contributed by atoms with Crippen LogP contribution in [0.4, 0.5) is 0 Å². The van der Waals surface area contributed by atoms with Gasteiger partial charge in [0, 0.05) is 23.0 Å². The molecule has 0 N–H and O–H groups in total. The lowest BCUT2D eigenvalue weighted by Gasteiger charge is -2.04. The van der Waals surface area contributed by atoms with Gasteiger partial charge in [-0.05, 0) is 36.4 Å². The molecule has 2 aromatic carbocycles. The predicted molar refractivity (Wildman–Crippen MR) is 125 cm³/mol. The molecule has 5 rings (SSSR count). The summed E-state index contributed by atoms with van der Waals surface area (Å²) < 4.78 is 13.8. The Bertz CT molecular complexity index is 1580. The molecule has 3 aromatic heterocycles. The quantitative estimate of drug-likeness (QED) is 0.266. The van der Waals surface area contributed by atoms with Crippen LogP contribution in [0.3, 0.4) is 0 Å². The van der Waals surface area contributed by atoms with Crippen LogP contribution >= 0.6 is 27.3 Å². The summed E-state index contributed by atoms with van der Waals surface area (Å²) in [5.74, 6) is 1.47. The predicted octanol–water partition coefficient (Wildman–Crippen LogP) is 4.31. The highest BCUT2D eigenvalue weighted by Crippen LogP contribution is 2.28. The van der Waals surface area contributed by atoms with E-state index in [1.807, 2.05) is 36.4 Å². The minimum Gasteiger partial charge on any atom is -0.457 e. The van der Waals surface area contributed by atoms with Gasteiger partial charge in [-0.3, -0.25) is 9.59 Å². The van der Waals surface area contributed by atoms with Crippen LogP contribution in [0.1, 0.15) is 12.7 Å². The number of halogens is 1. The SMILES string of the molecule is CC(=O)Oc1ccccc1-c1nc2sc(=Cc3ccc(-c4cccc(Br)c4)o3)c(=O)n2n1. The Hall–Kier alpha value is -3.56. The van der Waals surface area contributed by atoms with Gasteiger partial charge in [0.1, 0.15) is 21.8 Å². The summed E-state index contributed by atoms with van der Waals surface area (Å²) in [4.78, 5) is 29.1. The van der Waals surface area contributed by atoms with Gasteiger partial charge in [0.2, 0.25) is 4.96 Å². The summed E-state index contributed by atoms with van der Waals surface area (Å²) in [6.07, 6.45) is 1.68. The van der Waals surface area contributed by atoms with Gasteiger partial charge >= 0.3 is 5.97 Å². The Morgan fingerprint density at radius 3 is 2.78 bits per heavy atom. The van der Waals surface area contributed by atoms with Gasteiger partial charge in [0.05, 0.1) is 5.56 Å². The Kier molecular flexibility index (Phi) is 5.20. The first kappa shape index (κ1) is 20.3. The van der Waals surface area contributed by atoms with Gasteiger partial charge in [0.25, 0.3) is 5.56 Å². The van der Waals surface area contributed by atoms with Crippen molar-refractivity contribution in [1.29, 1.82) is 0 Å². The molecule has 3 heterocycles. The average Bonchev–Trinajstić information content (AvgIpc) is 3.46. The smallest absolute Gasteiger partial charge is 0.308 e. The molecule has 0 unspecified atom stereocenters. The molecule has 0 amide bonds. The third-order valence-corrected chi connectivity index (χ3v) is 6.03. The van der Waals surface area contributed by atoms with Crippen molar-refractivity contribution in [2.75, 3.05) is 0 Å². The third-order valence-electron chi connectivity index (χ3n) is 4.57. The van der Waals surface area contributed by atoms with E-state index in [0.29, 0.717) is 38.2 Å². The number of nitrogens with zero attached hydrogens (tertiary/aromatic N) is 3. The average molecular weight is 508 g/mol. The lowest BCUT2D eigenvalue weighted by Crippen LogP contribution is -2.23. The third kappa shape index (κ3) is 3.88. The summed E-state index contributed by atoms with van der Waals surface area (Å²) >= 11 is 4.66. The number of benzene rings is 2. The monoisotopic (exact) mass is 507 g/mol. The first-order valence-corrected chi connectivity index (χ1v) is 11.1. The number of thiazole rings is 1. The number of furan rings is 1. The first-order valence-electron chi connectivity index (χ1n) is 9.53. The molecule has 9 heteroatoms. The minimum atomic E-state index is -0.444. The fraction of sp³-hybridized carbons (Fsp3) is 0.0435. The molecular weight excluding hydrogens is 494 g/mol. The number of ether oxygens (including phenoxy) is 1. The van der Waals surface area contributed by atoms with Crippen LogP contribution in [0.15, 0.2) is 74.3 Å². The highest BCUT2D eigenvalue weighted by atomic mass is 79.9. The van der Waals surface area contributed by atoms with Gasteiger partial charge in [-0.2, -0.15) is 9.50 Å². The van der Waals surface area contributed by atoms with Crippen molar-refractivity contribution in [3.8, 4) is 28.5 Å². The van der Waals surface area contributed by atoms with Crippen molar-refractivity contribution >= 4 is 44.3 Å². The summed E-state index contributed by atoms with van der Waals surface area (Å²) in [6.45, 7) is 1.32. The second kappa shape index (κ2) is 8.18.